The minimum absolute atomic E-state index is 0.137. The van der Waals surface area contributed by atoms with Crippen LogP contribution in [-0.2, 0) is 24.6 Å². The maximum Gasteiger partial charge on any atom is 0.234 e. The van der Waals surface area contributed by atoms with Crippen molar-refractivity contribution >= 4 is 35.0 Å². The lowest BCUT2D eigenvalue weighted by atomic mass is 9.70. The van der Waals surface area contributed by atoms with Crippen LogP contribution in [-0.4, -0.2) is 101 Å². The van der Waals surface area contributed by atoms with E-state index in [1.807, 2.05) is 70.5 Å². The molecule has 56 heavy (non-hydrogen) atoms. The summed E-state index contributed by atoms with van der Waals surface area (Å²) in [6.07, 6.45) is 5.14. The molecule has 5 heterocycles. The minimum atomic E-state index is -0.674. The van der Waals surface area contributed by atoms with Crippen molar-refractivity contribution in [3.8, 4) is 17.0 Å². The van der Waals surface area contributed by atoms with Gasteiger partial charge in [0.05, 0.1) is 28.9 Å². The van der Waals surface area contributed by atoms with Gasteiger partial charge in [-0.25, -0.2) is 0 Å². The lowest BCUT2D eigenvalue weighted by molar-refractivity contribution is -0.149. The largest absolute Gasteiger partial charge is 0.507 e. The van der Waals surface area contributed by atoms with Gasteiger partial charge >= 0.3 is 0 Å². The monoisotopic (exact) mass is 755 g/mol. The zero-order valence-corrected chi connectivity index (χ0v) is 31.9. The second kappa shape index (κ2) is 15.4. The maximum absolute atomic E-state index is 14.7. The number of aromatic hydroxyl groups is 1. The highest BCUT2D eigenvalue weighted by Gasteiger charge is 2.48. The standard InChI is InChI=1S/C44H49N7O5/c1-43(41(55)51-27-25-49(26-28-51)33-13-11-31(12-14-33)35-15-16-39(53)46-40(35)54)17-21-50(22-18-43)42(56)44(32-7-3-2-4-8-32)19-23-48(24-20-44)34-29-37(47-45-30-34)36-9-5-6-10-38(36)52/h2-14,29-30,35,52H,15-28H2,1H3,(H,46,53,54)/t35-/m1/s1. The second-order valence-corrected chi connectivity index (χ2v) is 16.0. The van der Waals surface area contributed by atoms with Gasteiger partial charge in [0.25, 0.3) is 0 Å². The molecule has 12 nitrogen and oxygen atoms in total. The van der Waals surface area contributed by atoms with E-state index in [1.165, 1.54) is 0 Å². The fourth-order valence-corrected chi connectivity index (χ4v) is 9.08. The van der Waals surface area contributed by atoms with E-state index in [-0.39, 0.29) is 35.3 Å². The van der Waals surface area contributed by atoms with E-state index in [9.17, 15) is 24.3 Å². The molecule has 0 bridgehead atoms. The smallest absolute Gasteiger partial charge is 0.234 e. The molecular formula is C44H49N7O5. The molecule has 12 heteroatoms. The van der Waals surface area contributed by atoms with Crippen LogP contribution in [0.2, 0.25) is 0 Å². The first-order valence-electron chi connectivity index (χ1n) is 19.8. The van der Waals surface area contributed by atoms with E-state index in [0.29, 0.717) is 102 Å². The number of para-hydroxylation sites is 1. The highest BCUT2D eigenvalue weighted by molar-refractivity contribution is 6.01. The van der Waals surface area contributed by atoms with Crippen molar-refractivity contribution in [3.63, 3.8) is 0 Å². The number of piperidine rings is 3. The van der Waals surface area contributed by atoms with E-state index >= 15 is 0 Å². The number of phenolic OH excluding ortho intramolecular Hbond substituents is 1. The molecule has 0 saturated carbocycles. The topological polar surface area (TPSA) is 139 Å². The van der Waals surface area contributed by atoms with Crippen LogP contribution in [0.1, 0.15) is 62.5 Å². The van der Waals surface area contributed by atoms with Crippen molar-refractivity contribution in [3.05, 3.63) is 102 Å². The van der Waals surface area contributed by atoms with Crippen LogP contribution in [0.3, 0.4) is 0 Å². The number of piperazine rings is 1. The van der Waals surface area contributed by atoms with Gasteiger partial charge < -0.3 is 24.7 Å². The third-order valence-corrected chi connectivity index (χ3v) is 12.7. The molecule has 3 aromatic carbocycles. The minimum Gasteiger partial charge on any atom is -0.507 e. The number of aromatic nitrogens is 2. The number of benzene rings is 3. The molecule has 1 atom stereocenters. The number of anilines is 2. The summed E-state index contributed by atoms with van der Waals surface area (Å²) in [4.78, 5) is 61.2. The van der Waals surface area contributed by atoms with E-state index in [2.05, 4.69) is 44.4 Å². The zero-order chi connectivity index (χ0) is 38.9. The van der Waals surface area contributed by atoms with Gasteiger partial charge in [0.2, 0.25) is 23.6 Å². The lowest BCUT2D eigenvalue weighted by Gasteiger charge is -2.47. The summed E-state index contributed by atoms with van der Waals surface area (Å²) < 4.78 is 0. The van der Waals surface area contributed by atoms with Crippen molar-refractivity contribution in [1.82, 2.24) is 25.3 Å². The Balaban J connectivity index is 0.884. The number of nitrogens with one attached hydrogen (secondary N) is 1. The van der Waals surface area contributed by atoms with Gasteiger partial charge in [0, 0.05) is 75.4 Å². The molecule has 4 aromatic rings. The molecule has 4 fully saturated rings. The molecule has 0 radical (unpaired) electrons. The fourth-order valence-electron chi connectivity index (χ4n) is 9.08. The van der Waals surface area contributed by atoms with Crippen LogP contribution in [0.25, 0.3) is 11.3 Å². The van der Waals surface area contributed by atoms with Gasteiger partial charge in [-0.2, -0.15) is 10.2 Å². The molecule has 1 aromatic heterocycles. The molecule has 4 saturated heterocycles. The Kier molecular flexibility index (Phi) is 10.2. The van der Waals surface area contributed by atoms with Crippen LogP contribution < -0.4 is 15.1 Å². The Hall–Kier alpha value is -5.78. The molecule has 0 unspecified atom stereocenters. The van der Waals surface area contributed by atoms with E-state index < -0.39 is 10.8 Å². The van der Waals surface area contributed by atoms with Crippen molar-refractivity contribution < 1.29 is 24.3 Å². The Morgan fingerprint density at radius 2 is 1.38 bits per heavy atom. The van der Waals surface area contributed by atoms with Crippen molar-refractivity contribution in [2.75, 3.05) is 62.2 Å². The van der Waals surface area contributed by atoms with Gasteiger partial charge in [-0.05, 0) is 73.6 Å². The first kappa shape index (κ1) is 37.2. The Labute approximate surface area is 327 Å². The molecule has 2 N–H and O–H groups in total. The second-order valence-electron chi connectivity index (χ2n) is 16.0. The molecule has 4 aliphatic rings. The third kappa shape index (κ3) is 7.20. The van der Waals surface area contributed by atoms with Crippen molar-refractivity contribution in [2.24, 2.45) is 5.41 Å². The molecule has 8 rings (SSSR count). The van der Waals surface area contributed by atoms with Gasteiger partial charge in [-0.1, -0.05) is 61.5 Å². The van der Waals surface area contributed by atoms with E-state index in [1.54, 1.807) is 18.3 Å². The predicted molar refractivity (Wildman–Crippen MR) is 213 cm³/mol. The van der Waals surface area contributed by atoms with Crippen molar-refractivity contribution in [1.29, 1.82) is 0 Å². The normalized spacial score (nSPS) is 21.1. The van der Waals surface area contributed by atoms with Crippen LogP contribution >= 0.6 is 0 Å². The Morgan fingerprint density at radius 3 is 2.05 bits per heavy atom. The number of carbonyl (C=O) groups is 4. The number of rotatable bonds is 7. The number of phenols is 1. The summed E-state index contributed by atoms with van der Waals surface area (Å²) in [6.45, 7) is 7.14. The van der Waals surface area contributed by atoms with Gasteiger partial charge in [0.15, 0.2) is 0 Å². The number of hydrogen-bond acceptors (Lipinski definition) is 9. The Bertz CT molecular complexity index is 2080. The van der Waals surface area contributed by atoms with Crippen LogP contribution in [0.5, 0.6) is 5.75 Å². The molecule has 4 aliphatic heterocycles. The first-order valence-corrected chi connectivity index (χ1v) is 19.8. The summed E-state index contributed by atoms with van der Waals surface area (Å²) >= 11 is 0. The predicted octanol–water partition coefficient (Wildman–Crippen LogP) is 4.89. The summed E-state index contributed by atoms with van der Waals surface area (Å²) in [5.74, 6) is -0.300. The number of carbonyl (C=O) groups excluding carboxylic acids is 4. The van der Waals surface area contributed by atoms with E-state index in [0.717, 1.165) is 22.5 Å². The van der Waals surface area contributed by atoms with Crippen LogP contribution in [0.4, 0.5) is 11.4 Å². The highest BCUT2D eigenvalue weighted by Crippen LogP contribution is 2.42. The lowest BCUT2D eigenvalue weighted by Crippen LogP contribution is -2.58. The number of hydrogen-bond donors (Lipinski definition) is 2. The average Bonchev–Trinajstić information content (AvgIpc) is 3.24. The highest BCUT2D eigenvalue weighted by atomic mass is 16.3. The molecule has 290 valence electrons. The quantitative estimate of drug-likeness (QED) is 0.253. The number of amides is 4. The van der Waals surface area contributed by atoms with E-state index in [4.69, 9.17) is 0 Å². The zero-order valence-electron chi connectivity index (χ0n) is 31.9. The summed E-state index contributed by atoms with van der Waals surface area (Å²) in [5.41, 5.74) is 3.91. The van der Waals surface area contributed by atoms with Gasteiger partial charge in [-0.3, -0.25) is 24.5 Å². The molecule has 0 spiro atoms. The molecule has 4 amide bonds. The third-order valence-electron chi connectivity index (χ3n) is 12.7. The number of imide groups is 1. The maximum atomic E-state index is 14.7. The number of likely N-dealkylation sites (tertiary alicyclic amines) is 1. The first-order chi connectivity index (χ1) is 27.1. The summed E-state index contributed by atoms with van der Waals surface area (Å²) in [7, 11) is 0. The SMILES string of the molecule is CC1(C(=O)N2CCN(c3ccc([C@H]4CCC(=O)NC4=O)cc3)CC2)CCN(C(=O)C2(c3ccccc3)CCN(c3cnnc(-c4ccccc4O)c3)CC2)CC1. The van der Waals surface area contributed by atoms with Crippen molar-refractivity contribution in [2.45, 2.75) is 56.8 Å². The Morgan fingerprint density at radius 1 is 0.732 bits per heavy atom. The summed E-state index contributed by atoms with van der Waals surface area (Å²) in [6, 6.07) is 27.2. The fraction of sp³-hybridized carbons (Fsp3) is 0.409. The van der Waals surface area contributed by atoms with Gasteiger partial charge in [0.1, 0.15) is 5.75 Å². The molecular weight excluding hydrogens is 707 g/mol. The number of nitrogens with zero attached hydrogens (tertiary/aromatic N) is 6. The average molecular weight is 756 g/mol. The van der Waals surface area contributed by atoms with Crippen LogP contribution in [0.15, 0.2) is 91.1 Å². The van der Waals surface area contributed by atoms with Crippen LogP contribution in [0, 0.1) is 5.41 Å². The van der Waals surface area contributed by atoms with Gasteiger partial charge in [-0.15, -0.1) is 0 Å². The molecule has 0 aliphatic carbocycles. The summed E-state index contributed by atoms with van der Waals surface area (Å²) in [5, 5.41) is 21.4.